The van der Waals surface area contributed by atoms with Gasteiger partial charge in [0.25, 0.3) is 5.91 Å². The fourth-order valence-electron chi connectivity index (χ4n) is 0.432. The van der Waals surface area contributed by atoms with Gasteiger partial charge in [0, 0.05) is 14.1 Å². The third-order valence-corrected chi connectivity index (χ3v) is 1.33. The molecule has 1 amide bonds. The summed E-state index contributed by atoms with van der Waals surface area (Å²) >= 11 is 0. The summed E-state index contributed by atoms with van der Waals surface area (Å²) in [6.07, 6.45) is 0. The van der Waals surface area contributed by atoms with Gasteiger partial charge in [-0.3, -0.25) is 14.6 Å². The minimum atomic E-state index is -4.66. The highest BCUT2D eigenvalue weighted by molar-refractivity contribution is 7.46. The summed E-state index contributed by atoms with van der Waals surface area (Å²) in [4.78, 5) is 28.5. The summed E-state index contributed by atoms with van der Waals surface area (Å²) in [5.74, 6) is -1.26. The Morgan fingerprint density at radius 2 is 1.92 bits per heavy atom. The molecule has 0 fully saturated rings. The van der Waals surface area contributed by atoms with Gasteiger partial charge in [0.2, 0.25) is 0 Å². The van der Waals surface area contributed by atoms with Gasteiger partial charge >= 0.3 is 7.82 Å². The Balaban J connectivity index is 4.25. The number of phosphoric ester groups is 1. The lowest BCUT2D eigenvalue weighted by Crippen LogP contribution is -2.23. The minimum absolute atomic E-state index is 0.576. The zero-order chi connectivity index (χ0) is 9.94. The molecule has 0 rings (SSSR count). The van der Waals surface area contributed by atoms with Crippen LogP contribution in [0.2, 0.25) is 0 Å². The molecule has 0 radical (unpaired) electrons. The van der Waals surface area contributed by atoms with E-state index in [9.17, 15) is 9.36 Å². The Labute approximate surface area is 69.7 Å². The highest BCUT2D eigenvalue weighted by Gasteiger charge is 2.21. The van der Waals surface area contributed by atoms with Gasteiger partial charge in [-0.15, -0.1) is 0 Å². The Hall–Kier alpha value is -0.840. The lowest BCUT2D eigenvalue weighted by molar-refractivity contribution is -0.127. The molecular formula is C5H10NO5P. The van der Waals surface area contributed by atoms with Crippen molar-refractivity contribution in [1.29, 1.82) is 0 Å². The Bertz CT molecular complexity index is 242. The van der Waals surface area contributed by atoms with E-state index in [4.69, 9.17) is 9.79 Å². The maximum absolute atomic E-state index is 10.9. The molecule has 0 bridgehead atoms. The Morgan fingerprint density at radius 3 is 2.17 bits per heavy atom. The number of nitrogens with zero attached hydrogens (tertiary/aromatic N) is 1. The predicted octanol–water partition coefficient (Wildman–Crippen LogP) is -0.302. The lowest BCUT2D eigenvalue weighted by Gasteiger charge is -2.13. The maximum atomic E-state index is 10.9. The van der Waals surface area contributed by atoms with E-state index in [-0.39, 0.29) is 0 Å². The number of hydrogen-bond acceptors (Lipinski definition) is 3. The molecule has 0 atom stereocenters. The zero-order valence-electron chi connectivity index (χ0n) is 6.72. The van der Waals surface area contributed by atoms with Crippen LogP contribution in [0.25, 0.3) is 0 Å². The molecular weight excluding hydrogens is 185 g/mol. The number of likely N-dealkylation sites (N-methyl/N-ethyl adjacent to an activating group) is 1. The molecule has 2 N–H and O–H groups in total. The fraction of sp³-hybridized carbons (Fsp3) is 0.400. The minimum Gasteiger partial charge on any atom is -0.399 e. The van der Waals surface area contributed by atoms with E-state index in [1.807, 2.05) is 0 Å². The van der Waals surface area contributed by atoms with Crippen molar-refractivity contribution >= 4 is 13.7 Å². The normalized spacial score (nSPS) is 10.7. The molecule has 0 aliphatic heterocycles. The van der Waals surface area contributed by atoms with Crippen molar-refractivity contribution in [3.8, 4) is 0 Å². The molecule has 70 valence electrons. The van der Waals surface area contributed by atoms with Gasteiger partial charge in [0.05, 0.1) is 0 Å². The van der Waals surface area contributed by atoms with Gasteiger partial charge in [-0.25, -0.2) is 4.57 Å². The van der Waals surface area contributed by atoms with Crippen LogP contribution >= 0.6 is 7.82 Å². The van der Waals surface area contributed by atoms with Crippen LogP contribution in [0.1, 0.15) is 0 Å². The molecule has 7 heteroatoms. The number of rotatable bonds is 3. The standard InChI is InChI=1S/C5H10NO5P/c1-4(5(7)6(2)3)11-12(8,9)10/h1H2,2-3H3,(H2,8,9,10). The van der Waals surface area contributed by atoms with Crippen molar-refractivity contribution in [3.63, 3.8) is 0 Å². The molecule has 0 aromatic rings. The van der Waals surface area contributed by atoms with Crippen LogP contribution in [-0.4, -0.2) is 34.7 Å². The van der Waals surface area contributed by atoms with Gasteiger partial charge < -0.3 is 9.42 Å². The average Bonchev–Trinajstić information content (AvgIpc) is 1.82. The first-order chi connectivity index (χ1) is 5.24. The molecule has 0 spiro atoms. The van der Waals surface area contributed by atoms with Gasteiger partial charge in [-0.2, -0.15) is 0 Å². The maximum Gasteiger partial charge on any atom is 0.524 e. The number of phosphoric acid groups is 1. The van der Waals surface area contributed by atoms with Crippen molar-refractivity contribution in [2.24, 2.45) is 0 Å². The molecule has 0 saturated carbocycles. The first-order valence-corrected chi connectivity index (χ1v) is 4.43. The molecule has 0 saturated heterocycles. The second-order valence-electron chi connectivity index (χ2n) is 2.20. The Kier molecular flexibility index (Phi) is 3.45. The number of carbonyl (C=O) groups is 1. The average molecular weight is 195 g/mol. The highest BCUT2D eigenvalue weighted by atomic mass is 31.2. The first kappa shape index (κ1) is 11.2. The molecule has 0 aliphatic carbocycles. The van der Waals surface area contributed by atoms with E-state index >= 15 is 0 Å². The number of hydrogen-bond donors (Lipinski definition) is 2. The summed E-state index contributed by atoms with van der Waals surface area (Å²) in [5.41, 5.74) is 0. The third-order valence-electron chi connectivity index (χ3n) is 0.874. The van der Waals surface area contributed by atoms with Gasteiger partial charge in [0.15, 0.2) is 5.76 Å². The second-order valence-corrected chi connectivity index (χ2v) is 3.37. The van der Waals surface area contributed by atoms with E-state index in [1.54, 1.807) is 0 Å². The van der Waals surface area contributed by atoms with Crippen molar-refractivity contribution in [1.82, 2.24) is 4.90 Å². The van der Waals surface area contributed by atoms with Crippen LogP contribution < -0.4 is 0 Å². The zero-order valence-corrected chi connectivity index (χ0v) is 7.62. The SMILES string of the molecule is C=C(OP(=O)(O)O)C(=O)N(C)C. The number of amides is 1. The van der Waals surface area contributed by atoms with E-state index in [1.165, 1.54) is 14.1 Å². The molecule has 6 nitrogen and oxygen atoms in total. The van der Waals surface area contributed by atoms with Gasteiger partial charge in [-0.1, -0.05) is 6.58 Å². The van der Waals surface area contributed by atoms with Gasteiger partial charge in [0.1, 0.15) is 0 Å². The van der Waals surface area contributed by atoms with E-state index in [0.29, 0.717) is 0 Å². The van der Waals surface area contributed by atoms with Crippen LogP contribution in [0, 0.1) is 0 Å². The monoisotopic (exact) mass is 195 g/mol. The summed E-state index contributed by atoms with van der Waals surface area (Å²) in [5, 5.41) is 0. The van der Waals surface area contributed by atoms with Crippen LogP contribution in [0.5, 0.6) is 0 Å². The summed E-state index contributed by atoms with van der Waals surface area (Å²) < 4.78 is 14.2. The smallest absolute Gasteiger partial charge is 0.399 e. The summed E-state index contributed by atoms with van der Waals surface area (Å²) in [6.45, 7) is 3.06. The first-order valence-electron chi connectivity index (χ1n) is 2.89. The van der Waals surface area contributed by atoms with Gasteiger partial charge in [-0.05, 0) is 0 Å². The van der Waals surface area contributed by atoms with Crippen molar-refractivity contribution < 1.29 is 23.7 Å². The molecule has 0 heterocycles. The fourth-order valence-corrected chi connectivity index (χ4v) is 0.797. The number of carbonyl (C=O) groups excluding carboxylic acids is 1. The molecule has 0 aromatic carbocycles. The molecule has 0 unspecified atom stereocenters. The van der Waals surface area contributed by atoms with Crippen molar-refractivity contribution in [2.45, 2.75) is 0 Å². The largest absolute Gasteiger partial charge is 0.524 e. The van der Waals surface area contributed by atoms with Crippen LogP contribution in [0.3, 0.4) is 0 Å². The van der Waals surface area contributed by atoms with Crippen molar-refractivity contribution in [2.75, 3.05) is 14.1 Å². The van der Waals surface area contributed by atoms with Crippen molar-refractivity contribution in [3.05, 3.63) is 12.3 Å². The third kappa shape index (κ3) is 4.12. The molecule has 12 heavy (non-hydrogen) atoms. The Morgan fingerprint density at radius 1 is 1.50 bits per heavy atom. The highest BCUT2D eigenvalue weighted by Crippen LogP contribution is 2.38. The summed E-state index contributed by atoms with van der Waals surface area (Å²) in [7, 11) is -1.84. The van der Waals surface area contributed by atoms with E-state index in [0.717, 1.165) is 4.90 Å². The van der Waals surface area contributed by atoms with Crippen LogP contribution in [0.4, 0.5) is 0 Å². The lowest BCUT2D eigenvalue weighted by atomic mass is 10.5. The van der Waals surface area contributed by atoms with Crippen LogP contribution in [-0.2, 0) is 13.9 Å². The second kappa shape index (κ2) is 3.71. The quantitative estimate of drug-likeness (QED) is 0.366. The van der Waals surface area contributed by atoms with E-state index in [2.05, 4.69) is 11.1 Å². The van der Waals surface area contributed by atoms with Crippen LogP contribution in [0.15, 0.2) is 12.3 Å². The predicted molar refractivity (Wildman–Crippen MR) is 41.0 cm³/mol. The molecule has 0 aromatic heterocycles. The topological polar surface area (TPSA) is 87.1 Å². The molecule has 0 aliphatic rings. The van der Waals surface area contributed by atoms with E-state index < -0.39 is 19.5 Å². The summed E-state index contributed by atoms with van der Waals surface area (Å²) in [6, 6.07) is 0.